The Balaban J connectivity index is 2.21. The maximum Gasteiger partial charge on any atom is 0.410 e. The number of rotatable bonds is 7. The Kier molecular flexibility index (Phi) is 8.38. The van der Waals surface area contributed by atoms with Crippen LogP contribution in [0.3, 0.4) is 0 Å². The van der Waals surface area contributed by atoms with E-state index < -0.39 is 5.60 Å². The van der Waals surface area contributed by atoms with Gasteiger partial charge in [0.15, 0.2) is 0 Å². The van der Waals surface area contributed by atoms with Gasteiger partial charge in [-0.15, -0.1) is 0 Å². The SMILES string of the molecule is CCCC1CCC(NCC(C)CN(C)C(=O)OC(C)(C)C)CC1. The number of amides is 1. The van der Waals surface area contributed by atoms with Crippen molar-refractivity contribution in [3.63, 3.8) is 0 Å². The molecule has 0 bridgehead atoms. The van der Waals surface area contributed by atoms with E-state index in [0.717, 1.165) is 19.0 Å². The first-order valence-electron chi connectivity index (χ1n) is 9.38. The molecule has 0 aromatic heterocycles. The summed E-state index contributed by atoms with van der Waals surface area (Å²) in [6, 6.07) is 0.664. The van der Waals surface area contributed by atoms with Gasteiger partial charge in [0.1, 0.15) is 5.60 Å². The molecule has 0 aliphatic heterocycles. The second-order valence-electron chi connectivity index (χ2n) is 8.38. The molecule has 1 amide bonds. The van der Waals surface area contributed by atoms with Crippen molar-refractivity contribution in [3.8, 4) is 0 Å². The first-order valence-corrected chi connectivity index (χ1v) is 9.38. The van der Waals surface area contributed by atoms with Gasteiger partial charge < -0.3 is 15.0 Å². The van der Waals surface area contributed by atoms with Crippen LogP contribution in [0, 0.1) is 11.8 Å². The summed E-state index contributed by atoms with van der Waals surface area (Å²) in [7, 11) is 1.82. The van der Waals surface area contributed by atoms with Crippen LogP contribution in [0.1, 0.15) is 73.1 Å². The number of carbonyl (C=O) groups is 1. The smallest absolute Gasteiger partial charge is 0.410 e. The summed E-state index contributed by atoms with van der Waals surface area (Å²) in [6.07, 6.45) is 7.83. The van der Waals surface area contributed by atoms with Crippen molar-refractivity contribution in [1.29, 1.82) is 0 Å². The largest absolute Gasteiger partial charge is 0.444 e. The highest BCUT2D eigenvalue weighted by molar-refractivity contribution is 5.67. The molecule has 0 spiro atoms. The van der Waals surface area contributed by atoms with Gasteiger partial charge >= 0.3 is 6.09 Å². The predicted molar refractivity (Wildman–Crippen MR) is 96.7 cm³/mol. The standard InChI is InChI=1S/C19H38N2O2/c1-7-8-16-9-11-17(12-10-16)20-13-15(2)14-21(6)18(22)23-19(3,4)5/h15-17,20H,7-14H2,1-6H3. The van der Waals surface area contributed by atoms with Crippen molar-refractivity contribution in [2.45, 2.75) is 84.8 Å². The molecule has 0 aromatic carbocycles. The molecule has 1 atom stereocenters. The third-order valence-electron chi connectivity index (χ3n) is 4.59. The van der Waals surface area contributed by atoms with E-state index in [1.54, 1.807) is 4.90 Å². The van der Waals surface area contributed by atoms with Crippen LogP contribution in [-0.2, 0) is 4.74 Å². The van der Waals surface area contributed by atoms with Crippen molar-refractivity contribution in [2.75, 3.05) is 20.1 Å². The summed E-state index contributed by atoms with van der Waals surface area (Å²) in [5.41, 5.74) is -0.427. The zero-order chi connectivity index (χ0) is 17.5. The highest BCUT2D eigenvalue weighted by Gasteiger charge is 2.22. The van der Waals surface area contributed by atoms with Crippen LogP contribution in [-0.4, -0.2) is 42.8 Å². The molecular formula is C19H38N2O2. The van der Waals surface area contributed by atoms with Crippen LogP contribution in [0.5, 0.6) is 0 Å². The quantitative estimate of drug-likeness (QED) is 0.752. The predicted octanol–water partition coefficient (Wildman–Crippen LogP) is 4.44. The minimum Gasteiger partial charge on any atom is -0.444 e. The molecule has 0 radical (unpaired) electrons. The molecule has 4 heteroatoms. The Morgan fingerprint density at radius 3 is 2.39 bits per heavy atom. The van der Waals surface area contributed by atoms with E-state index in [2.05, 4.69) is 19.2 Å². The lowest BCUT2D eigenvalue weighted by molar-refractivity contribution is 0.0276. The molecule has 0 saturated heterocycles. The van der Waals surface area contributed by atoms with Gasteiger partial charge in [0, 0.05) is 19.6 Å². The molecule has 23 heavy (non-hydrogen) atoms. The summed E-state index contributed by atoms with van der Waals surface area (Å²) < 4.78 is 5.40. The summed E-state index contributed by atoms with van der Waals surface area (Å²) in [4.78, 5) is 13.7. The number of nitrogens with zero attached hydrogens (tertiary/aromatic N) is 1. The number of nitrogens with one attached hydrogen (secondary N) is 1. The average Bonchev–Trinajstić information content (AvgIpc) is 2.45. The maximum atomic E-state index is 12.0. The van der Waals surface area contributed by atoms with E-state index in [1.807, 2.05) is 27.8 Å². The fraction of sp³-hybridized carbons (Fsp3) is 0.947. The Labute approximate surface area is 143 Å². The zero-order valence-electron chi connectivity index (χ0n) is 16.2. The summed E-state index contributed by atoms with van der Waals surface area (Å²) in [6.45, 7) is 11.9. The number of ether oxygens (including phenoxy) is 1. The topological polar surface area (TPSA) is 41.6 Å². The van der Waals surface area contributed by atoms with Crippen LogP contribution in [0.2, 0.25) is 0 Å². The van der Waals surface area contributed by atoms with Gasteiger partial charge in [-0.25, -0.2) is 4.79 Å². The third kappa shape index (κ3) is 8.59. The summed E-state index contributed by atoms with van der Waals surface area (Å²) >= 11 is 0. The molecule has 1 fully saturated rings. The minimum atomic E-state index is -0.427. The van der Waals surface area contributed by atoms with Gasteiger partial charge in [0.05, 0.1) is 0 Å². The first kappa shape index (κ1) is 20.3. The lowest BCUT2D eigenvalue weighted by atomic mass is 9.83. The number of carbonyl (C=O) groups excluding carboxylic acids is 1. The molecule has 136 valence electrons. The van der Waals surface area contributed by atoms with E-state index >= 15 is 0 Å². The molecule has 0 aromatic rings. The molecule has 1 aliphatic rings. The average molecular weight is 327 g/mol. The van der Waals surface area contributed by atoms with Crippen molar-refractivity contribution >= 4 is 6.09 Å². The molecule has 0 heterocycles. The lowest BCUT2D eigenvalue weighted by Gasteiger charge is -2.31. The number of hydrogen-bond acceptors (Lipinski definition) is 3. The van der Waals surface area contributed by atoms with E-state index in [4.69, 9.17) is 4.74 Å². The number of hydrogen-bond donors (Lipinski definition) is 1. The van der Waals surface area contributed by atoms with Crippen LogP contribution in [0.25, 0.3) is 0 Å². The first-order chi connectivity index (χ1) is 10.7. The molecule has 4 nitrogen and oxygen atoms in total. The minimum absolute atomic E-state index is 0.232. The van der Waals surface area contributed by atoms with Crippen LogP contribution >= 0.6 is 0 Å². The molecule has 1 aliphatic carbocycles. The van der Waals surface area contributed by atoms with Gasteiger partial charge in [-0.2, -0.15) is 0 Å². The highest BCUT2D eigenvalue weighted by Crippen LogP contribution is 2.27. The van der Waals surface area contributed by atoms with Crippen molar-refractivity contribution in [2.24, 2.45) is 11.8 Å². The second kappa shape index (κ2) is 9.51. The van der Waals surface area contributed by atoms with E-state index in [1.165, 1.54) is 38.5 Å². The normalized spacial score (nSPS) is 23.4. The van der Waals surface area contributed by atoms with Crippen molar-refractivity contribution in [3.05, 3.63) is 0 Å². The zero-order valence-corrected chi connectivity index (χ0v) is 16.2. The van der Waals surface area contributed by atoms with Crippen LogP contribution < -0.4 is 5.32 Å². The third-order valence-corrected chi connectivity index (χ3v) is 4.59. The molecule has 1 saturated carbocycles. The highest BCUT2D eigenvalue weighted by atomic mass is 16.6. The van der Waals surface area contributed by atoms with Gasteiger partial charge in [0.25, 0.3) is 0 Å². The second-order valence-corrected chi connectivity index (χ2v) is 8.38. The van der Waals surface area contributed by atoms with Gasteiger partial charge in [-0.05, 0) is 64.8 Å². The Bertz CT molecular complexity index is 344. The van der Waals surface area contributed by atoms with Gasteiger partial charge in [0.2, 0.25) is 0 Å². The summed E-state index contributed by atoms with van der Waals surface area (Å²) in [5.74, 6) is 1.38. The maximum absolute atomic E-state index is 12.0. The monoisotopic (exact) mass is 326 g/mol. The fourth-order valence-corrected chi connectivity index (χ4v) is 3.38. The van der Waals surface area contributed by atoms with E-state index in [9.17, 15) is 4.79 Å². The lowest BCUT2D eigenvalue weighted by Crippen LogP contribution is -2.41. The van der Waals surface area contributed by atoms with Gasteiger partial charge in [-0.3, -0.25) is 0 Å². The van der Waals surface area contributed by atoms with E-state index in [-0.39, 0.29) is 6.09 Å². The van der Waals surface area contributed by atoms with Crippen LogP contribution in [0.4, 0.5) is 4.79 Å². The van der Waals surface area contributed by atoms with Crippen molar-refractivity contribution in [1.82, 2.24) is 10.2 Å². The molecule has 1 N–H and O–H groups in total. The summed E-state index contributed by atoms with van der Waals surface area (Å²) in [5, 5.41) is 3.70. The Morgan fingerprint density at radius 2 is 1.87 bits per heavy atom. The van der Waals surface area contributed by atoms with Crippen molar-refractivity contribution < 1.29 is 9.53 Å². The Hall–Kier alpha value is -0.770. The van der Waals surface area contributed by atoms with Gasteiger partial charge in [-0.1, -0.05) is 26.7 Å². The fourth-order valence-electron chi connectivity index (χ4n) is 3.38. The molecule has 1 rings (SSSR count). The molecule has 1 unspecified atom stereocenters. The van der Waals surface area contributed by atoms with E-state index in [0.29, 0.717) is 12.0 Å². The Morgan fingerprint density at radius 1 is 1.26 bits per heavy atom. The van der Waals surface area contributed by atoms with Crippen LogP contribution in [0.15, 0.2) is 0 Å². The molecular weight excluding hydrogens is 288 g/mol.